The minimum absolute atomic E-state index is 0.173. The molecule has 2 aromatic heterocycles. The fourth-order valence-corrected chi connectivity index (χ4v) is 2.75. The van der Waals surface area contributed by atoms with Crippen LogP contribution in [0.25, 0.3) is 10.2 Å². The number of nitrogens with two attached hydrogens (primary N) is 1. The van der Waals surface area contributed by atoms with Crippen LogP contribution in [0.3, 0.4) is 0 Å². The zero-order valence-electron chi connectivity index (χ0n) is 11.6. The SMILES string of the molecule is CCOC(=O)CCCNc1nc(N)nc2sc(C)cc12. The number of thiophene rings is 1. The second-order valence-corrected chi connectivity index (χ2v) is 5.58. The molecule has 2 aromatic rings. The smallest absolute Gasteiger partial charge is 0.305 e. The summed E-state index contributed by atoms with van der Waals surface area (Å²) in [6.45, 7) is 4.88. The van der Waals surface area contributed by atoms with E-state index in [0.29, 0.717) is 26.0 Å². The summed E-state index contributed by atoms with van der Waals surface area (Å²) in [5.74, 6) is 0.806. The van der Waals surface area contributed by atoms with Gasteiger partial charge in [-0.3, -0.25) is 4.79 Å². The Morgan fingerprint density at radius 3 is 3.05 bits per heavy atom. The van der Waals surface area contributed by atoms with Gasteiger partial charge in [-0.2, -0.15) is 4.98 Å². The van der Waals surface area contributed by atoms with Gasteiger partial charge in [0.2, 0.25) is 5.95 Å². The molecule has 0 aliphatic carbocycles. The third kappa shape index (κ3) is 3.57. The molecule has 108 valence electrons. The Bertz CT molecular complexity index is 612. The van der Waals surface area contributed by atoms with Gasteiger partial charge in [0, 0.05) is 17.8 Å². The number of carbonyl (C=O) groups is 1. The van der Waals surface area contributed by atoms with Gasteiger partial charge in [0.15, 0.2) is 0 Å². The highest BCUT2D eigenvalue weighted by atomic mass is 32.1. The van der Waals surface area contributed by atoms with Gasteiger partial charge in [-0.1, -0.05) is 0 Å². The molecule has 0 saturated heterocycles. The van der Waals surface area contributed by atoms with Crippen molar-refractivity contribution in [1.29, 1.82) is 0 Å². The number of carbonyl (C=O) groups excluding carboxylic acids is 1. The molecule has 0 amide bonds. The number of hydrogen-bond acceptors (Lipinski definition) is 7. The second kappa shape index (κ2) is 6.51. The van der Waals surface area contributed by atoms with Crippen LogP contribution >= 0.6 is 11.3 Å². The second-order valence-electron chi connectivity index (χ2n) is 4.34. The molecule has 0 spiro atoms. The number of nitrogens with one attached hydrogen (secondary N) is 1. The molecular weight excluding hydrogens is 276 g/mol. The highest BCUT2D eigenvalue weighted by Crippen LogP contribution is 2.28. The molecule has 6 nitrogen and oxygen atoms in total. The van der Waals surface area contributed by atoms with Crippen molar-refractivity contribution in [3.8, 4) is 0 Å². The normalized spacial score (nSPS) is 10.7. The van der Waals surface area contributed by atoms with Crippen LogP contribution in [0.15, 0.2) is 6.07 Å². The highest BCUT2D eigenvalue weighted by molar-refractivity contribution is 7.18. The number of fused-ring (bicyclic) bond motifs is 1. The van der Waals surface area contributed by atoms with E-state index in [1.165, 1.54) is 0 Å². The summed E-state index contributed by atoms with van der Waals surface area (Å²) in [5.41, 5.74) is 5.70. The molecule has 7 heteroatoms. The molecule has 0 aliphatic rings. The Morgan fingerprint density at radius 1 is 1.50 bits per heavy atom. The number of hydrogen-bond donors (Lipinski definition) is 2. The molecule has 20 heavy (non-hydrogen) atoms. The lowest BCUT2D eigenvalue weighted by Crippen LogP contribution is -2.09. The third-order valence-corrected chi connectivity index (χ3v) is 3.63. The maximum absolute atomic E-state index is 11.2. The van der Waals surface area contributed by atoms with Crippen molar-refractivity contribution in [3.63, 3.8) is 0 Å². The number of nitrogen functional groups attached to an aromatic ring is 1. The van der Waals surface area contributed by atoms with E-state index in [4.69, 9.17) is 10.5 Å². The highest BCUT2D eigenvalue weighted by Gasteiger charge is 2.09. The predicted octanol–water partition coefficient (Wildman–Crippen LogP) is 2.34. The molecule has 0 atom stereocenters. The van der Waals surface area contributed by atoms with Gasteiger partial charge in [0.05, 0.1) is 12.0 Å². The fourth-order valence-electron chi connectivity index (χ4n) is 1.87. The van der Waals surface area contributed by atoms with Gasteiger partial charge in [0.25, 0.3) is 0 Å². The van der Waals surface area contributed by atoms with Crippen LogP contribution < -0.4 is 11.1 Å². The quantitative estimate of drug-likeness (QED) is 0.628. The summed E-state index contributed by atoms with van der Waals surface area (Å²) in [7, 11) is 0. The van der Waals surface area contributed by atoms with Gasteiger partial charge in [-0.25, -0.2) is 4.98 Å². The van der Waals surface area contributed by atoms with Crippen molar-refractivity contribution >= 4 is 39.3 Å². The number of esters is 1. The van der Waals surface area contributed by atoms with Crippen LogP contribution in [0, 0.1) is 6.92 Å². The molecule has 0 saturated carbocycles. The Kier molecular flexibility index (Phi) is 4.73. The summed E-state index contributed by atoms with van der Waals surface area (Å²) in [4.78, 5) is 21.7. The van der Waals surface area contributed by atoms with Crippen molar-refractivity contribution in [3.05, 3.63) is 10.9 Å². The molecular formula is C13H18N4O2S. The van der Waals surface area contributed by atoms with E-state index >= 15 is 0 Å². The number of rotatable bonds is 6. The van der Waals surface area contributed by atoms with E-state index in [1.807, 2.05) is 13.0 Å². The molecule has 2 heterocycles. The molecule has 2 rings (SSSR count). The van der Waals surface area contributed by atoms with Gasteiger partial charge in [-0.05, 0) is 26.3 Å². The average Bonchev–Trinajstić information content (AvgIpc) is 2.75. The van der Waals surface area contributed by atoms with E-state index in [1.54, 1.807) is 18.3 Å². The number of ether oxygens (including phenoxy) is 1. The Morgan fingerprint density at radius 2 is 2.30 bits per heavy atom. The maximum Gasteiger partial charge on any atom is 0.305 e. The average molecular weight is 294 g/mol. The van der Waals surface area contributed by atoms with E-state index < -0.39 is 0 Å². The summed E-state index contributed by atoms with van der Waals surface area (Å²) < 4.78 is 4.88. The van der Waals surface area contributed by atoms with Gasteiger partial charge in [-0.15, -0.1) is 11.3 Å². The van der Waals surface area contributed by atoms with Crippen molar-refractivity contribution in [2.45, 2.75) is 26.7 Å². The van der Waals surface area contributed by atoms with Crippen LogP contribution in [0.5, 0.6) is 0 Å². The first kappa shape index (κ1) is 14.5. The van der Waals surface area contributed by atoms with Gasteiger partial charge >= 0.3 is 5.97 Å². The lowest BCUT2D eigenvalue weighted by molar-refractivity contribution is -0.143. The maximum atomic E-state index is 11.2. The molecule has 3 N–H and O–H groups in total. The zero-order chi connectivity index (χ0) is 14.5. The van der Waals surface area contributed by atoms with Crippen LogP contribution in [0.4, 0.5) is 11.8 Å². The Hall–Kier alpha value is -1.89. The van der Waals surface area contributed by atoms with E-state index in [2.05, 4.69) is 15.3 Å². The van der Waals surface area contributed by atoms with E-state index in [0.717, 1.165) is 20.9 Å². The van der Waals surface area contributed by atoms with Crippen molar-refractivity contribution in [2.75, 3.05) is 24.2 Å². The number of anilines is 2. The number of aryl methyl sites for hydroxylation is 1. The summed E-state index contributed by atoms with van der Waals surface area (Å²) in [5, 5.41) is 4.18. The summed E-state index contributed by atoms with van der Waals surface area (Å²) in [6, 6.07) is 2.03. The fraction of sp³-hybridized carbons (Fsp3) is 0.462. The molecule has 0 unspecified atom stereocenters. The van der Waals surface area contributed by atoms with Crippen LogP contribution in [-0.4, -0.2) is 29.1 Å². The monoisotopic (exact) mass is 294 g/mol. The minimum Gasteiger partial charge on any atom is -0.466 e. The summed E-state index contributed by atoms with van der Waals surface area (Å²) >= 11 is 1.59. The van der Waals surface area contributed by atoms with E-state index in [9.17, 15) is 4.79 Å². The van der Waals surface area contributed by atoms with Crippen LogP contribution in [-0.2, 0) is 9.53 Å². The van der Waals surface area contributed by atoms with Gasteiger partial charge in [0.1, 0.15) is 10.6 Å². The van der Waals surface area contributed by atoms with Crippen LogP contribution in [0.1, 0.15) is 24.6 Å². The third-order valence-electron chi connectivity index (χ3n) is 2.69. The minimum atomic E-state index is -0.173. The first-order valence-corrected chi connectivity index (χ1v) is 7.35. The van der Waals surface area contributed by atoms with Crippen molar-refractivity contribution < 1.29 is 9.53 Å². The Balaban J connectivity index is 1.97. The first-order chi connectivity index (χ1) is 9.60. The molecule has 0 bridgehead atoms. The van der Waals surface area contributed by atoms with Crippen LogP contribution in [0.2, 0.25) is 0 Å². The largest absolute Gasteiger partial charge is 0.466 e. The zero-order valence-corrected chi connectivity index (χ0v) is 12.4. The lowest BCUT2D eigenvalue weighted by Gasteiger charge is -2.07. The predicted molar refractivity (Wildman–Crippen MR) is 80.9 cm³/mol. The van der Waals surface area contributed by atoms with Crippen molar-refractivity contribution in [1.82, 2.24) is 9.97 Å². The first-order valence-electron chi connectivity index (χ1n) is 6.53. The van der Waals surface area contributed by atoms with Gasteiger partial charge < -0.3 is 15.8 Å². The van der Waals surface area contributed by atoms with Crippen molar-refractivity contribution in [2.24, 2.45) is 0 Å². The lowest BCUT2D eigenvalue weighted by atomic mass is 10.3. The molecule has 0 fully saturated rings. The molecule has 0 radical (unpaired) electrons. The standard InChI is InChI=1S/C13H18N4O2S/c1-3-19-10(18)5-4-6-15-11-9-7-8(2)20-12(9)17-13(14)16-11/h7H,3-6H2,1-2H3,(H3,14,15,16,17). The van der Waals surface area contributed by atoms with E-state index in [-0.39, 0.29) is 11.9 Å². The Labute approximate surface area is 121 Å². The molecule has 0 aliphatic heterocycles. The summed E-state index contributed by atoms with van der Waals surface area (Å²) in [6.07, 6.45) is 1.08. The number of aromatic nitrogens is 2. The number of nitrogens with zero attached hydrogens (tertiary/aromatic N) is 2. The molecule has 0 aromatic carbocycles. The topological polar surface area (TPSA) is 90.1 Å².